The Kier molecular flexibility index (Phi) is 3.29. The van der Waals surface area contributed by atoms with Crippen molar-refractivity contribution in [1.29, 1.82) is 0 Å². The molecule has 2 N–H and O–H groups in total. The Morgan fingerprint density at radius 2 is 2.16 bits per heavy atom. The third kappa shape index (κ3) is 2.81. The van der Waals surface area contributed by atoms with Crippen LogP contribution in [-0.2, 0) is 4.79 Å². The van der Waals surface area contributed by atoms with Gasteiger partial charge < -0.3 is 19.9 Å². The number of hydrogen-bond donors (Lipinski definition) is 2. The zero-order valence-electron chi connectivity index (χ0n) is 10.6. The molecule has 1 aromatic carbocycles. The highest BCUT2D eigenvalue weighted by Gasteiger charge is 2.29. The number of aliphatic hydroxyl groups excluding tert-OH is 1. The Morgan fingerprint density at radius 1 is 1.37 bits per heavy atom. The van der Waals surface area contributed by atoms with Crippen molar-refractivity contribution in [1.82, 2.24) is 5.32 Å². The third-order valence-corrected chi connectivity index (χ3v) is 3.45. The number of rotatable bonds is 5. The van der Waals surface area contributed by atoms with Gasteiger partial charge in [-0.05, 0) is 37.0 Å². The van der Waals surface area contributed by atoms with Crippen LogP contribution in [0.5, 0.6) is 11.5 Å². The maximum Gasteiger partial charge on any atom is 0.231 e. The number of carbonyl (C=O) groups is 1. The van der Waals surface area contributed by atoms with Gasteiger partial charge in [-0.2, -0.15) is 0 Å². The van der Waals surface area contributed by atoms with Gasteiger partial charge in [-0.3, -0.25) is 4.79 Å². The van der Waals surface area contributed by atoms with Crippen LogP contribution in [0, 0.1) is 5.92 Å². The molecule has 1 aliphatic heterocycles. The summed E-state index contributed by atoms with van der Waals surface area (Å²) in [5, 5.41) is 12.9. The summed E-state index contributed by atoms with van der Waals surface area (Å²) in [7, 11) is 0. The van der Waals surface area contributed by atoms with Gasteiger partial charge in [-0.15, -0.1) is 0 Å². The van der Waals surface area contributed by atoms with E-state index in [9.17, 15) is 9.90 Å². The third-order valence-electron chi connectivity index (χ3n) is 3.45. The van der Waals surface area contributed by atoms with Crippen LogP contribution in [0.1, 0.15) is 30.9 Å². The Morgan fingerprint density at radius 3 is 2.95 bits per heavy atom. The summed E-state index contributed by atoms with van der Waals surface area (Å²) in [4.78, 5) is 11.4. The predicted molar refractivity (Wildman–Crippen MR) is 67.9 cm³/mol. The predicted octanol–water partition coefficient (Wildman–Crippen LogP) is 1.37. The molecule has 0 radical (unpaired) electrons. The first-order chi connectivity index (χ1) is 9.24. The molecule has 1 aromatic rings. The van der Waals surface area contributed by atoms with E-state index in [0.29, 0.717) is 24.5 Å². The van der Waals surface area contributed by atoms with Crippen molar-refractivity contribution < 1.29 is 19.4 Å². The average molecular weight is 263 g/mol. The first-order valence-corrected chi connectivity index (χ1v) is 6.59. The second kappa shape index (κ2) is 5.09. The molecule has 1 fully saturated rings. The maximum absolute atomic E-state index is 11.4. The second-order valence-electron chi connectivity index (χ2n) is 4.98. The fourth-order valence-corrected chi connectivity index (χ4v) is 2.11. The van der Waals surface area contributed by atoms with Crippen LogP contribution < -0.4 is 14.8 Å². The van der Waals surface area contributed by atoms with Crippen molar-refractivity contribution in [3.8, 4) is 11.5 Å². The van der Waals surface area contributed by atoms with E-state index < -0.39 is 6.10 Å². The lowest BCUT2D eigenvalue weighted by atomic mass is 10.1. The molecule has 1 atom stereocenters. The molecule has 0 aromatic heterocycles. The molecular formula is C14H17NO4. The summed E-state index contributed by atoms with van der Waals surface area (Å²) < 4.78 is 10.5. The number of benzene rings is 1. The van der Waals surface area contributed by atoms with Gasteiger partial charge in [0.25, 0.3) is 0 Å². The van der Waals surface area contributed by atoms with E-state index in [0.717, 1.165) is 18.4 Å². The fourth-order valence-electron chi connectivity index (χ4n) is 2.11. The first kappa shape index (κ1) is 12.3. The van der Waals surface area contributed by atoms with Crippen molar-refractivity contribution in [2.45, 2.75) is 25.4 Å². The Labute approximate surface area is 111 Å². The molecule has 0 unspecified atom stereocenters. The van der Waals surface area contributed by atoms with Gasteiger partial charge in [-0.1, -0.05) is 6.07 Å². The highest BCUT2D eigenvalue weighted by Crippen LogP contribution is 2.34. The van der Waals surface area contributed by atoms with Crippen LogP contribution in [-0.4, -0.2) is 24.4 Å². The van der Waals surface area contributed by atoms with Crippen molar-refractivity contribution in [3.63, 3.8) is 0 Å². The van der Waals surface area contributed by atoms with Crippen LogP contribution in [0.25, 0.3) is 0 Å². The van der Waals surface area contributed by atoms with Crippen molar-refractivity contribution >= 4 is 5.91 Å². The molecule has 0 saturated heterocycles. The number of aliphatic hydroxyl groups is 1. The van der Waals surface area contributed by atoms with Crippen molar-refractivity contribution in [3.05, 3.63) is 23.8 Å². The molecule has 5 heteroatoms. The minimum Gasteiger partial charge on any atom is -0.454 e. The maximum atomic E-state index is 11.4. The SMILES string of the molecule is O=C(NCC[C@H](O)c1ccc2c(c1)OCO2)C1CC1. The summed E-state index contributed by atoms with van der Waals surface area (Å²) in [6, 6.07) is 5.40. The molecular weight excluding hydrogens is 246 g/mol. The average Bonchev–Trinajstić information content (AvgIpc) is 3.16. The largest absolute Gasteiger partial charge is 0.454 e. The van der Waals surface area contributed by atoms with Crippen LogP contribution in [0.3, 0.4) is 0 Å². The topological polar surface area (TPSA) is 67.8 Å². The molecule has 1 amide bonds. The smallest absolute Gasteiger partial charge is 0.231 e. The Hall–Kier alpha value is -1.75. The number of fused-ring (bicyclic) bond motifs is 1. The van der Waals surface area contributed by atoms with E-state index in [2.05, 4.69) is 5.32 Å². The lowest BCUT2D eigenvalue weighted by Gasteiger charge is -2.12. The van der Waals surface area contributed by atoms with Gasteiger partial charge in [0.05, 0.1) is 6.10 Å². The van der Waals surface area contributed by atoms with E-state index in [1.165, 1.54) is 0 Å². The standard InChI is InChI=1S/C14H17NO4/c16-11(5-6-15-14(17)9-1-2-9)10-3-4-12-13(7-10)19-8-18-12/h3-4,7,9,11,16H,1-2,5-6,8H2,(H,15,17)/t11-/m0/s1. The summed E-state index contributed by atoms with van der Waals surface area (Å²) in [5.41, 5.74) is 0.782. The van der Waals surface area contributed by atoms with Gasteiger partial charge in [0.15, 0.2) is 11.5 Å². The number of hydrogen-bond acceptors (Lipinski definition) is 4. The number of ether oxygens (including phenoxy) is 2. The number of carbonyl (C=O) groups excluding carboxylic acids is 1. The van der Waals surface area contributed by atoms with Gasteiger partial charge >= 0.3 is 0 Å². The molecule has 19 heavy (non-hydrogen) atoms. The molecule has 3 rings (SSSR count). The van der Waals surface area contributed by atoms with E-state index in [4.69, 9.17) is 9.47 Å². The van der Waals surface area contributed by atoms with E-state index in [-0.39, 0.29) is 18.6 Å². The van der Waals surface area contributed by atoms with Crippen LogP contribution in [0.2, 0.25) is 0 Å². The van der Waals surface area contributed by atoms with E-state index in [1.54, 1.807) is 12.1 Å². The van der Waals surface area contributed by atoms with Gasteiger partial charge in [0, 0.05) is 12.5 Å². The lowest BCUT2D eigenvalue weighted by Crippen LogP contribution is -2.26. The zero-order chi connectivity index (χ0) is 13.2. The van der Waals surface area contributed by atoms with Gasteiger partial charge in [0.1, 0.15) is 0 Å². The molecule has 1 aliphatic carbocycles. The second-order valence-corrected chi connectivity index (χ2v) is 4.98. The van der Waals surface area contributed by atoms with Crippen molar-refractivity contribution in [2.24, 2.45) is 5.92 Å². The minimum atomic E-state index is -0.603. The lowest BCUT2D eigenvalue weighted by molar-refractivity contribution is -0.122. The molecule has 1 saturated carbocycles. The molecule has 1 heterocycles. The Balaban J connectivity index is 1.51. The minimum absolute atomic E-state index is 0.109. The summed E-state index contributed by atoms with van der Waals surface area (Å²) in [5.74, 6) is 1.69. The Bertz CT molecular complexity index is 484. The van der Waals surface area contributed by atoms with E-state index >= 15 is 0 Å². The number of amides is 1. The normalized spacial score (nSPS) is 18.2. The van der Waals surface area contributed by atoms with Crippen LogP contribution in [0.15, 0.2) is 18.2 Å². The number of nitrogens with one attached hydrogen (secondary N) is 1. The van der Waals surface area contributed by atoms with Gasteiger partial charge in [0.2, 0.25) is 12.7 Å². The summed E-state index contributed by atoms with van der Waals surface area (Å²) >= 11 is 0. The first-order valence-electron chi connectivity index (χ1n) is 6.59. The fraction of sp³-hybridized carbons (Fsp3) is 0.500. The van der Waals surface area contributed by atoms with Crippen molar-refractivity contribution in [2.75, 3.05) is 13.3 Å². The monoisotopic (exact) mass is 263 g/mol. The highest BCUT2D eigenvalue weighted by molar-refractivity contribution is 5.80. The molecule has 2 aliphatic rings. The van der Waals surface area contributed by atoms with Crippen LogP contribution >= 0.6 is 0 Å². The molecule has 0 bridgehead atoms. The molecule has 0 spiro atoms. The van der Waals surface area contributed by atoms with Crippen LogP contribution in [0.4, 0.5) is 0 Å². The van der Waals surface area contributed by atoms with E-state index in [1.807, 2.05) is 6.07 Å². The summed E-state index contributed by atoms with van der Waals surface area (Å²) in [6.45, 7) is 0.720. The quantitative estimate of drug-likeness (QED) is 0.842. The molecule has 102 valence electrons. The highest BCUT2D eigenvalue weighted by atomic mass is 16.7. The molecule has 5 nitrogen and oxygen atoms in total. The zero-order valence-corrected chi connectivity index (χ0v) is 10.6. The summed E-state index contributed by atoms with van der Waals surface area (Å²) in [6.07, 6.45) is 1.89. The van der Waals surface area contributed by atoms with Gasteiger partial charge in [-0.25, -0.2) is 0 Å².